The number of methoxy groups -OCH3 is 1. The zero-order valence-electron chi connectivity index (χ0n) is 19.8. The Kier molecular flexibility index (Phi) is 7.14. The maximum absolute atomic E-state index is 13.7. The van der Waals surface area contributed by atoms with Gasteiger partial charge < -0.3 is 19.5 Å². The average Bonchev–Trinajstić information content (AvgIpc) is 3.56. The van der Waals surface area contributed by atoms with Crippen LogP contribution in [0.1, 0.15) is 54.9 Å². The number of nitrogens with one attached hydrogen (secondary N) is 1. The van der Waals surface area contributed by atoms with Crippen LogP contribution in [0.25, 0.3) is 0 Å². The third-order valence-electron chi connectivity index (χ3n) is 6.92. The second-order valence-electron chi connectivity index (χ2n) is 9.15. The molecule has 0 amide bonds. The van der Waals surface area contributed by atoms with Crippen LogP contribution in [0.5, 0.6) is 5.75 Å². The van der Waals surface area contributed by atoms with Gasteiger partial charge in [-0.2, -0.15) is 0 Å². The number of hydrogen-bond acceptors (Lipinski definition) is 7. The van der Waals surface area contributed by atoms with Gasteiger partial charge in [-0.15, -0.1) is 11.3 Å². The normalized spacial score (nSPS) is 24.3. The monoisotopic (exact) mass is 557 g/mol. The lowest BCUT2D eigenvalue weighted by Gasteiger charge is -2.37. The lowest BCUT2D eigenvalue weighted by atomic mass is 9.72. The van der Waals surface area contributed by atoms with Crippen molar-refractivity contribution in [3.8, 4) is 5.75 Å². The van der Waals surface area contributed by atoms with Crippen LogP contribution >= 0.6 is 27.3 Å². The summed E-state index contributed by atoms with van der Waals surface area (Å²) in [5.41, 5.74) is 3.42. The van der Waals surface area contributed by atoms with Gasteiger partial charge in [0, 0.05) is 50.8 Å². The topological polar surface area (TPSA) is 73.9 Å². The summed E-state index contributed by atoms with van der Waals surface area (Å²) in [6, 6.07) is 9.78. The number of rotatable bonds is 6. The summed E-state index contributed by atoms with van der Waals surface area (Å²) in [4.78, 5) is 28.4. The third-order valence-corrected chi connectivity index (χ3v) is 8.45. The highest BCUT2D eigenvalue weighted by Crippen LogP contribution is 2.48. The zero-order valence-corrected chi connectivity index (χ0v) is 22.2. The molecule has 2 aromatic rings. The first kappa shape index (κ1) is 24.3. The van der Waals surface area contributed by atoms with E-state index in [1.54, 1.807) is 18.4 Å². The Balaban J connectivity index is 1.56. The van der Waals surface area contributed by atoms with Gasteiger partial charge in [0.05, 0.1) is 24.7 Å². The van der Waals surface area contributed by atoms with E-state index in [9.17, 15) is 9.59 Å². The number of carbonyl (C=O) groups excluding carboxylic acids is 2. The average molecular weight is 558 g/mol. The number of esters is 1. The standard InChI is InChI=1S/C27H28BrNO5S/c1-15-24(27(31)34-14-18-5-3-9-33-18)25(19-13-17(28)7-8-22(19)32-2)26-20(29-15)11-16(12-21(26)30)23-6-4-10-35-23/h4,6-8,10,13,16,18,25,29H,3,5,9,11-12,14H2,1-2H3/t16-,18-,25-/m0/s1. The fourth-order valence-electron chi connectivity index (χ4n) is 5.30. The lowest BCUT2D eigenvalue weighted by molar-refractivity contribution is -0.142. The molecule has 1 aromatic heterocycles. The number of ketones is 1. The zero-order chi connectivity index (χ0) is 24.5. The molecule has 2 aliphatic heterocycles. The van der Waals surface area contributed by atoms with Gasteiger partial charge in [0.25, 0.3) is 0 Å². The van der Waals surface area contributed by atoms with Crippen molar-refractivity contribution in [1.82, 2.24) is 5.32 Å². The highest BCUT2D eigenvalue weighted by atomic mass is 79.9. The van der Waals surface area contributed by atoms with Gasteiger partial charge in [-0.1, -0.05) is 22.0 Å². The fraction of sp³-hybridized carbons (Fsp3) is 0.407. The number of thiophene rings is 1. The molecular weight excluding hydrogens is 530 g/mol. The summed E-state index contributed by atoms with van der Waals surface area (Å²) < 4.78 is 17.9. The fourth-order valence-corrected chi connectivity index (χ4v) is 6.51. The molecule has 35 heavy (non-hydrogen) atoms. The Morgan fingerprint density at radius 3 is 2.86 bits per heavy atom. The molecule has 3 heterocycles. The number of carbonyl (C=O) groups is 2. The number of allylic oxidation sites excluding steroid dienone is 3. The van der Waals surface area contributed by atoms with Crippen LogP contribution < -0.4 is 10.1 Å². The molecule has 0 saturated carbocycles. The van der Waals surface area contributed by atoms with Crippen LogP contribution in [0.4, 0.5) is 0 Å². The molecule has 1 N–H and O–H groups in total. The van der Waals surface area contributed by atoms with Crippen LogP contribution in [0.15, 0.2) is 62.7 Å². The van der Waals surface area contributed by atoms with Crippen LogP contribution in [-0.4, -0.2) is 38.2 Å². The Morgan fingerprint density at radius 1 is 1.29 bits per heavy atom. The number of benzene rings is 1. The second-order valence-corrected chi connectivity index (χ2v) is 11.0. The molecule has 0 radical (unpaired) electrons. The first-order valence-electron chi connectivity index (χ1n) is 11.9. The molecule has 1 fully saturated rings. The molecule has 8 heteroatoms. The van der Waals surface area contributed by atoms with Gasteiger partial charge in [-0.3, -0.25) is 4.79 Å². The first-order chi connectivity index (χ1) is 17.0. The van der Waals surface area contributed by atoms with Crippen molar-refractivity contribution in [1.29, 1.82) is 0 Å². The predicted molar refractivity (Wildman–Crippen MR) is 138 cm³/mol. The summed E-state index contributed by atoms with van der Waals surface area (Å²) >= 11 is 5.23. The molecule has 1 saturated heterocycles. The highest BCUT2D eigenvalue weighted by Gasteiger charge is 2.42. The van der Waals surface area contributed by atoms with Crippen LogP contribution in [0, 0.1) is 0 Å². The summed E-state index contributed by atoms with van der Waals surface area (Å²) in [5, 5.41) is 5.45. The van der Waals surface area contributed by atoms with Crippen molar-refractivity contribution < 1.29 is 23.8 Å². The molecule has 5 rings (SSSR count). The van der Waals surface area contributed by atoms with E-state index in [0.717, 1.165) is 28.6 Å². The summed E-state index contributed by atoms with van der Waals surface area (Å²) in [7, 11) is 1.60. The summed E-state index contributed by atoms with van der Waals surface area (Å²) in [6.45, 7) is 2.78. The maximum atomic E-state index is 13.7. The van der Waals surface area contributed by atoms with Crippen molar-refractivity contribution in [3.05, 3.63) is 73.2 Å². The molecule has 0 unspecified atom stereocenters. The first-order valence-corrected chi connectivity index (χ1v) is 13.5. The minimum Gasteiger partial charge on any atom is -0.496 e. The summed E-state index contributed by atoms with van der Waals surface area (Å²) in [6.07, 6.45) is 2.90. The van der Waals surface area contributed by atoms with Crippen molar-refractivity contribution in [3.63, 3.8) is 0 Å². The minimum atomic E-state index is -0.576. The molecule has 1 aliphatic carbocycles. The van der Waals surface area contributed by atoms with E-state index in [0.29, 0.717) is 42.0 Å². The molecule has 3 aliphatic rings. The van der Waals surface area contributed by atoms with E-state index < -0.39 is 11.9 Å². The lowest BCUT2D eigenvalue weighted by Crippen LogP contribution is -2.36. The van der Waals surface area contributed by atoms with E-state index in [4.69, 9.17) is 14.2 Å². The van der Waals surface area contributed by atoms with E-state index >= 15 is 0 Å². The number of hydrogen-bond donors (Lipinski definition) is 1. The number of dihydropyridines is 1. The predicted octanol–water partition coefficient (Wildman–Crippen LogP) is 5.60. The quantitative estimate of drug-likeness (QED) is 0.466. The minimum absolute atomic E-state index is 0.0427. The summed E-state index contributed by atoms with van der Waals surface area (Å²) in [5.74, 6) is -0.220. The molecule has 6 nitrogen and oxygen atoms in total. The number of ether oxygens (including phenoxy) is 3. The van der Waals surface area contributed by atoms with E-state index in [1.165, 1.54) is 4.88 Å². The SMILES string of the molecule is COc1ccc(Br)cc1[C@H]1C(C(=O)OC[C@@H]2CCCO2)=C(C)NC2=C1C(=O)C[C@@H](c1cccs1)C2. The van der Waals surface area contributed by atoms with E-state index in [2.05, 4.69) is 27.3 Å². The van der Waals surface area contributed by atoms with Gasteiger partial charge in [0.15, 0.2) is 5.78 Å². The van der Waals surface area contributed by atoms with Crippen molar-refractivity contribution in [2.45, 2.75) is 50.5 Å². The van der Waals surface area contributed by atoms with Gasteiger partial charge in [-0.25, -0.2) is 4.79 Å². The molecule has 3 atom stereocenters. The van der Waals surface area contributed by atoms with Gasteiger partial charge >= 0.3 is 5.97 Å². The highest BCUT2D eigenvalue weighted by molar-refractivity contribution is 9.10. The van der Waals surface area contributed by atoms with Gasteiger partial charge in [-0.05, 0) is 55.8 Å². The second kappa shape index (κ2) is 10.3. The Hall–Kier alpha value is -2.42. The third kappa shape index (κ3) is 4.84. The Labute approximate surface area is 217 Å². The van der Waals surface area contributed by atoms with E-state index in [1.807, 2.05) is 36.6 Å². The maximum Gasteiger partial charge on any atom is 0.336 e. The molecular formula is C27H28BrNO5S. The Morgan fingerprint density at radius 2 is 2.14 bits per heavy atom. The van der Waals surface area contributed by atoms with Crippen LogP contribution in [0.2, 0.25) is 0 Å². The van der Waals surface area contributed by atoms with Gasteiger partial charge in [0.2, 0.25) is 0 Å². The van der Waals surface area contributed by atoms with Crippen LogP contribution in [0.3, 0.4) is 0 Å². The van der Waals surface area contributed by atoms with Crippen molar-refractivity contribution >= 4 is 39.0 Å². The Bertz CT molecular complexity index is 1200. The van der Waals surface area contributed by atoms with Gasteiger partial charge in [0.1, 0.15) is 12.4 Å². The molecule has 0 bridgehead atoms. The molecule has 184 valence electrons. The largest absolute Gasteiger partial charge is 0.496 e. The number of halogens is 1. The van der Waals surface area contributed by atoms with Crippen LogP contribution in [-0.2, 0) is 19.1 Å². The van der Waals surface area contributed by atoms with Crippen molar-refractivity contribution in [2.24, 2.45) is 0 Å². The van der Waals surface area contributed by atoms with E-state index in [-0.39, 0.29) is 24.4 Å². The molecule has 1 aromatic carbocycles. The number of Topliss-reactive ketones (excluding diaryl/α,β-unsaturated/α-hetero) is 1. The smallest absolute Gasteiger partial charge is 0.336 e. The molecule has 0 spiro atoms. The van der Waals surface area contributed by atoms with Crippen molar-refractivity contribution in [2.75, 3.05) is 20.3 Å².